The largest absolute Gasteiger partial charge is 0.327 e. The van der Waals surface area contributed by atoms with E-state index in [4.69, 9.17) is 5.73 Å². The van der Waals surface area contributed by atoms with Crippen LogP contribution in [0.15, 0.2) is 12.7 Å². The van der Waals surface area contributed by atoms with Crippen LogP contribution in [0.25, 0.3) is 0 Å². The third kappa shape index (κ3) is 14.5. The summed E-state index contributed by atoms with van der Waals surface area (Å²) in [5, 5.41) is 0. The van der Waals surface area contributed by atoms with E-state index in [1.807, 2.05) is 19.9 Å². The van der Waals surface area contributed by atoms with Gasteiger partial charge in [0.2, 0.25) is 0 Å². The number of nitrogens with two attached hydrogens (primary N) is 1. The SMILES string of the molecule is C=CCC(N)CCC(C)(C)C.CC. The van der Waals surface area contributed by atoms with Gasteiger partial charge in [-0.3, -0.25) is 0 Å². The molecule has 0 fully saturated rings. The van der Waals surface area contributed by atoms with Crippen LogP contribution in [0.4, 0.5) is 0 Å². The van der Waals surface area contributed by atoms with Crippen molar-refractivity contribution < 1.29 is 0 Å². The van der Waals surface area contributed by atoms with E-state index in [0.29, 0.717) is 11.5 Å². The van der Waals surface area contributed by atoms with E-state index in [-0.39, 0.29) is 0 Å². The van der Waals surface area contributed by atoms with Crippen LogP contribution in [0.3, 0.4) is 0 Å². The van der Waals surface area contributed by atoms with E-state index < -0.39 is 0 Å². The van der Waals surface area contributed by atoms with E-state index in [1.54, 1.807) is 0 Å². The van der Waals surface area contributed by atoms with Crippen molar-refractivity contribution in [1.29, 1.82) is 0 Å². The van der Waals surface area contributed by atoms with Gasteiger partial charge in [-0.1, -0.05) is 40.7 Å². The van der Waals surface area contributed by atoms with E-state index in [9.17, 15) is 0 Å². The van der Waals surface area contributed by atoms with Crippen LogP contribution in [0.1, 0.15) is 53.9 Å². The van der Waals surface area contributed by atoms with Crippen molar-refractivity contribution in [3.63, 3.8) is 0 Å². The van der Waals surface area contributed by atoms with Crippen molar-refractivity contribution in [3.8, 4) is 0 Å². The van der Waals surface area contributed by atoms with Gasteiger partial charge in [0.15, 0.2) is 0 Å². The van der Waals surface area contributed by atoms with Gasteiger partial charge in [0, 0.05) is 6.04 Å². The first-order valence-electron chi connectivity index (χ1n) is 5.32. The average molecular weight is 185 g/mol. The lowest BCUT2D eigenvalue weighted by Gasteiger charge is -2.20. The number of hydrogen-bond donors (Lipinski definition) is 1. The van der Waals surface area contributed by atoms with Crippen LogP contribution < -0.4 is 5.73 Å². The molecule has 80 valence electrons. The van der Waals surface area contributed by atoms with Gasteiger partial charge in [0.1, 0.15) is 0 Å². The molecule has 1 atom stereocenters. The zero-order chi connectivity index (χ0) is 10.9. The molecule has 0 aromatic carbocycles. The molecule has 0 aliphatic carbocycles. The molecular weight excluding hydrogens is 158 g/mol. The normalized spacial score (nSPS) is 12.8. The summed E-state index contributed by atoms with van der Waals surface area (Å²) < 4.78 is 0. The Balaban J connectivity index is 0. The maximum absolute atomic E-state index is 5.82. The Labute approximate surface area is 84.4 Å². The van der Waals surface area contributed by atoms with Gasteiger partial charge in [-0.2, -0.15) is 0 Å². The summed E-state index contributed by atoms with van der Waals surface area (Å²) >= 11 is 0. The van der Waals surface area contributed by atoms with Gasteiger partial charge < -0.3 is 5.73 Å². The second kappa shape index (κ2) is 8.31. The topological polar surface area (TPSA) is 26.0 Å². The third-order valence-corrected chi connectivity index (χ3v) is 1.73. The van der Waals surface area contributed by atoms with Crippen LogP contribution in [0.5, 0.6) is 0 Å². The Morgan fingerprint density at radius 1 is 1.31 bits per heavy atom. The molecule has 0 saturated heterocycles. The lowest BCUT2D eigenvalue weighted by Crippen LogP contribution is -2.21. The van der Waals surface area contributed by atoms with Crippen LogP contribution in [0.2, 0.25) is 0 Å². The van der Waals surface area contributed by atoms with Crippen molar-refractivity contribution in [1.82, 2.24) is 0 Å². The fourth-order valence-electron chi connectivity index (χ4n) is 0.950. The Morgan fingerprint density at radius 2 is 1.77 bits per heavy atom. The molecule has 0 amide bonds. The van der Waals surface area contributed by atoms with Gasteiger partial charge >= 0.3 is 0 Å². The molecule has 0 spiro atoms. The highest BCUT2D eigenvalue weighted by Crippen LogP contribution is 2.21. The zero-order valence-corrected chi connectivity index (χ0v) is 10.1. The van der Waals surface area contributed by atoms with Gasteiger partial charge in [0.05, 0.1) is 0 Å². The van der Waals surface area contributed by atoms with E-state index >= 15 is 0 Å². The first-order valence-corrected chi connectivity index (χ1v) is 5.32. The van der Waals surface area contributed by atoms with Crippen molar-refractivity contribution in [2.24, 2.45) is 11.1 Å². The summed E-state index contributed by atoms with van der Waals surface area (Å²) in [5.74, 6) is 0. The summed E-state index contributed by atoms with van der Waals surface area (Å²) in [6.07, 6.45) is 5.14. The Kier molecular flexibility index (Phi) is 9.70. The third-order valence-electron chi connectivity index (χ3n) is 1.73. The number of hydrogen-bond acceptors (Lipinski definition) is 1. The molecule has 0 aromatic rings. The Hall–Kier alpha value is -0.300. The van der Waals surface area contributed by atoms with Gasteiger partial charge in [-0.05, 0) is 24.7 Å². The van der Waals surface area contributed by atoms with Crippen molar-refractivity contribution in [3.05, 3.63) is 12.7 Å². The first-order chi connectivity index (χ1) is 5.95. The van der Waals surface area contributed by atoms with Crippen LogP contribution in [-0.4, -0.2) is 6.04 Å². The molecule has 1 unspecified atom stereocenters. The Bertz CT molecular complexity index is 111. The summed E-state index contributed by atoms with van der Waals surface area (Å²) in [4.78, 5) is 0. The first kappa shape index (κ1) is 15.2. The van der Waals surface area contributed by atoms with Crippen LogP contribution in [-0.2, 0) is 0 Å². The Morgan fingerprint density at radius 3 is 2.08 bits per heavy atom. The van der Waals surface area contributed by atoms with E-state index in [1.165, 1.54) is 6.42 Å². The zero-order valence-electron chi connectivity index (χ0n) is 10.1. The molecule has 0 heterocycles. The minimum absolute atomic E-state index is 0.312. The molecular formula is C12H27N. The lowest BCUT2D eigenvalue weighted by molar-refractivity contribution is 0.348. The van der Waals surface area contributed by atoms with E-state index in [0.717, 1.165) is 12.8 Å². The molecule has 0 rings (SSSR count). The van der Waals surface area contributed by atoms with E-state index in [2.05, 4.69) is 27.4 Å². The van der Waals surface area contributed by atoms with Crippen LogP contribution in [0, 0.1) is 5.41 Å². The molecule has 0 radical (unpaired) electrons. The molecule has 1 nitrogen and oxygen atoms in total. The van der Waals surface area contributed by atoms with Crippen molar-refractivity contribution in [2.75, 3.05) is 0 Å². The molecule has 0 saturated carbocycles. The summed E-state index contributed by atoms with van der Waals surface area (Å²) in [5.41, 5.74) is 6.24. The minimum Gasteiger partial charge on any atom is -0.327 e. The fraction of sp³-hybridized carbons (Fsp3) is 0.833. The summed E-state index contributed by atoms with van der Waals surface area (Å²) in [6.45, 7) is 14.4. The smallest absolute Gasteiger partial charge is 0.00735 e. The maximum atomic E-state index is 5.82. The maximum Gasteiger partial charge on any atom is 0.00735 e. The minimum atomic E-state index is 0.312. The highest BCUT2D eigenvalue weighted by molar-refractivity contribution is 4.76. The molecule has 0 aliphatic rings. The molecule has 0 bridgehead atoms. The summed E-state index contributed by atoms with van der Waals surface area (Å²) in [7, 11) is 0. The van der Waals surface area contributed by atoms with Crippen molar-refractivity contribution in [2.45, 2.75) is 59.9 Å². The van der Waals surface area contributed by atoms with Crippen molar-refractivity contribution >= 4 is 0 Å². The number of rotatable bonds is 4. The lowest BCUT2D eigenvalue weighted by atomic mass is 9.88. The second-order valence-electron chi connectivity index (χ2n) is 4.38. The molecule has 13 heavy (non-hydrogen) atoms. The fourth-order valence-corrected chi connectivity index (χ4v) is 0.950. The second-order valence-corrected chi connectivity index (χ2v) is 4.38. The predicted octanol–water partition coefficient (Wildman–Crippen LogP) is 3.74. The standard InChI is InChI=1S/C10H21N.C2H6/c1-5-6-9(11)7-8-10(2,3)4;1-2/h5,9H,1,6-8,11H2,2-4H3;1-2H3. The molecule has 1 heteroatoms. The molecule has 2 N–H and O–H groups in total. The summed E-state index contributed by atoms with van der Waals surface area (Å²) in [6, 6.07) is 0.312. The monoisotopic (exact) mass is 185 g/mol. The van der Waals surface area contributed by atoms with Gasteiger partial charge in [0.25, 0.3) is 0 Å². The molecule has 0 aromatic heterocycles. The quantitative estimate of drug-likeness (QED) is 0.663. The average Bonchev–Trinajstić information content (AvgIpc) is 2.04. The molecule has 0 aliphatic heterocycles. The van der Waals surface area contributed by atoms with Gasteiger partial charge in [-0.15, -0.1) is 6.58 Å². The predicted molar refractivity (Wildman–Crippen MR) is 62.8 cm³/mol. The van der Waals surface area contributed by atoms with Gasteiger partial charge in [-0.25, -0.2) is 0 Å². The van der Waals surface area contributed by atoms with Crippen LogP contribution >= 0.6 is 0 Å². The highest BCUT2D eigenvalue weighted by Gasteiger charge is 2.11. The highest BCUT2D eigenvalue weighted by atomic mass is 14.6.